The van der Waals surface area contributed by atoms with Crippen molar-refractivity contribution in [1.29, 1.82) is 0 Å². The molecule has 26 heavy (non-hydrogen) atoms. The molecule has 5 fully saturated rings. The Kier molecular flexibility index (Phi) is 4.78. The lowest BCUT2D eigenvalue weighted by Gasteiger charge is -2.53. The highest BCUT2D eigenvalue weighted by molar-refractivity contribution is 7.91. The minimum Gasteiger partial charge on any atom is -0.455 e. The van der Waals surface area contributed by atoms with Crippen molar-refractivity contribution in [3.63, 3.8) is 0 Å². The van der Waals surface area contributed by atoms with Crippen LogP contribution in [0, 0.1) is 29.6 Å². The summed E-state index contributed by atoms with van der Waals surface area (Å²) in [5.74, 6) is 2.12. The highest BCUT2D eigenvalue weighted by atomic mass is 32.2. The highest BCUT2D eigenvalue weighted by Crippen LogP contribution is 2.56. The van der Waals surface area contributed by atoms with Crippen molar-refractivity contribution < 1.29 is 22.7 Å². The Labute approximate surface area is 155 Å². The van der Waals surface area contributed by atoms with Gasteiger partial charge in [-0.1, -0.05) is 0 Å². The van der Waals surface area contributed by atoms with Gasteiger partial charge in [0.25, 0.3) is 5.91 Å². The first-order valence-corrected chi connectivity index (χ1v) is 11.8. The van der Waals surface area contributed by atoms with Gasteiger partial charge in [-0.05, 0) is 69.1 Å². The molecule has 5 aliphatic rings. The molecule has 4 saturated carbocycles. The number of likely N-dealkylation sites (N-methyl/N-ethyl adjacent to an activating group) is 1. The highest BCUT2D eigenvalue weighted by Gasteiger charge is 2.51. The quantitative estimate of drug-likeness (QED) is 0.674. The molecule has 4 bridgehead atoms. The SMILES string of the molecule is CCN(C(=O)COC(=O)C1C2CC3CC(C2)CC1C3)C1CCS(=O)(=O)C1. The van der Waals surface area contributed by atoms with E-state index in [0.717, 1.165) is 37.5 Å². The first kappa shape index (κ1) is 18.3. The summed E-state index contributed by atoms with van der Waals surface area (Å²) < 4.78 is 28.8. The van der Waals surface area contributed by atoms with E-state index in [0.29, 0.717) is 24.8 Å². The smallest absolute Gasteiger partial charge is 0.310 e. The van der Waals surface area contributed by atoms with Crippen LogP contribution in [0.3, 0.4) is 0 Å². The summed E-state index contributed by atoms with van der Waals surface area (Å²) in [5, 5.41) is 0. The summed E-state index contributed by atoms with van der Waals surface area (Å²) >= 11 is 0. The summed E-state index contributed by atoms with van der Waals surface area (Å²) in [6.07, 6.45) is 6.38. The maximum atomic E-state index is 12.7. The minimum atomic E-state index is -3.05. The van der Waals surface area contributed by atoms with Gasteiger partial charge in [-0.25, -0.2) is 8.42 Å². The molecule has 1 unspecified atom stereocenters. The minimum absolute atomic E-state index is 0.0239. The van der Waals surface area contributed by atoms with Crippen LogP contribution in [0.25, 0.3) is 0 Å². The van der Waals surface area contributed by atoms with Gasteiger partial charge in [0.1, 0.15) is 0 Å². The molecule has 5 rings (SSSR count). The Bertz CT molecular complexity index is 660. The molecule has 1 aliphatic heterocycles. The van der Waals surface area contributed by atoms with Gasteiger partial charge in [0.2, 0.25) is 0 Å². The van der Waals surface area contributed by atoms with Crippen molar-refractivity contribution in [2.24, 2.45) is 29.6 Å². The summed E-state index contributed by atoms with van der Waals surface area (Å²) in [4.78, 5) is 26.8. The molecule has 1 atom stereocenters. The number of hydrogen-bond acceptors (Lipinski definition) is 5. The fourth-order valence-electron chi connectivity index (χ4n) is 6.28. The Balaban J connectivity index is 1.33. The van der Waals surface area contributed by atoms with Crippen molar-refractivity contribution in [2.75, 3.05) is 24.7 Å². The lowest BCUT2D eigenvalue weighted by molar-refractivity contribution is -0.167. The van der Waals surface area contributed by atoms with Crippen molar-refractivity contribution in [3.05, 3.63) is 0 Å². The average molecular weight is 384 g/mol. The zero-order chi connectivity index (χ0) is 18.5. The zero-order valence-electron chi connectivity index (χ0n) is 15.4. The standard InChI is InChI=1S/C19H29NO5S/c1-2-20(16-3-4-26(23,24)11-16)17(21)10-25-19(22)18-14-6-12-5-13(8-14)9-15(18)7-12/h12-16,18H,2-11H2,1H3. The number of carbonyl (C=O) groups is 2. The van der Waals surface area contributed by atoms with Crippen LogP contribution in [0.4, 0.5) is 0 Å². The van der Waals surface area contributed by atoms with Crippen molar-refractivity contribution >= 4 is 21.7 Å². The molecule has 1 saturated heterocycles. The molecular weight excluding hydrogens is 354 g/mol. The predicted octanol–water partition coefficient (Wildman–Crippen LogP) is 1.64. The third kappa shape index (κ3) is 3.39. The maximum Gasteiger partial charge on any atom is 0.310 e. The first-order chi connectivity index (χ1) is 12.4. The maximum absolute atomic E-state index is 12.7. The van der Waals surface area contributed by atoms with E-state index in [9.17, 15) is 18.0 Å². The molecule has 4 aliphatic carbocycles. The van der Waals surface area contributed by atoms with Gasteiger partial charge in [-0.15, -0.1) is 0 Å². The number of nitrogens with zero attached hydrogens (tertiary/aromatic N) is 1. The monoisotopic (exact) mass is 383 g/mol. The predicted molar refractivity (Wildman–Crippen MR) is 95.9 cm³/mol. The molecule has 0 N–H and O–H groups in total. The van der Waals surface area contributed by atoms with Gasteiger partial charge in [-0.3, -0.25) is 9.59 Å². The van der Waals surface area contributed by atoms with Crippen molar-refractivity contribution in [2.45, 2.75) is 51.5 Å². The summed E-state index contributed by atoms with van der Waals surface area (Å²) in [6, 6.07) is -0.280. The lowest BCUT2D eigenvalue weighted by Crippen LogP contribution is -2.49. The van der Waals surface area contributed by atoms with Gasteiger partial charge in [0.15, 0.2) is 16.4 Å². The molecule has 1 amide bonds. The number of carbonyl (C=O) groups excluding carboxylic acids is 2. The van der Waals surface area contributed by atoms with E-state index in [1.807, 2.05) is 6.92 Å². The molecule has 0 radical (unpaired) electrons. The van der Waals surface area contributed by atoms with Gasteiger partial charge in [-0.2, -0.15) is 0 Å². The number of hydrogen-bond donors (Lipinski definition) is 0. The van der Waals surface area contributed by atoms with E-state index >= 15 is 0 Å². The Morgan fingerprint density at radius 2 is 1.65 bits per heavy atom. The molecule has 1 heterocycles. The third-order valence-corrected chi connectivity index (χ3v) is 8.90. The van der Waals surface area contributed by atoms with Crippen LogP contribution < -0.4 is 0 Å². The number of rotatable bonds is 5. The van der Waals surface area contributed by atoms with Crippen LogP contribution in [-0.4, -0.2) is 55.9 Å². The second-order valence-electron chi connectivity index (χ2n) is 8.80. The number of amides is 1. The molecule has 7 heteroatoms. The van der Waals surface area contributed by atoms with E-state index in [2.05, 4.69) is 0 Å². The molecule has 0 aromatic rings. The molecule has 0 spiro atoms. The van der Waals surface area contributed by atoms with E-state index in [1.165, 1.54) is 6.42 Å². The second kappa shape index (κ2) is 6.80. The summed E-state index contributed by atoms with van der Waals surface area (Å²) in [7, 11) is -3.05. The van der Waals surface area contributed by atoms with Crippen LogP contribution >= 0.6 is 0 Å². The largest absolute Gasteiger partial charge is 0.455 e. The normalized spacial score (nSPS) is 39.7. The number of sulfone groups is 1. The zero-order valence-corrected chi connectivity index (χ0v) is 16.2. The van der Waals surface area contributed by atoms with Gasteiger partial charge in [0, 0.05) is 12.6 Å². The van der Waals surface area contributed by atoms with Crippen LogP contribution in [0.1, 0.15) is 45.4 Å². The van der Waals surface area contributed by atoms with Crippen LogP contribution in [0.5, 0.6) is 0 Å². The average Bonchev–Trinajstić information content (AvgIpc) is 2.92. The fourth-order valence-corrected chi connectivity index (χ4v) is 8.01. The first-order valence-electron chi connectivity index (χ1n) is 10.0. The Morgan fingerprint density at radius 3 is 2.15 bits per heavy atom. The van der Waals surface area contributed by atoms with Gasteiger partial charge in [0.05, 0.1) is 17.4 Å². The molecular formula is C19H29NO5S. The van der Waals surface area contributed by atoms with Crippen LogP contribution in [0.2, 0.25) is 0 Å². The van der Waals surface area contributed by atoms with Gasteiger partial charge >= 0.3 is 5.97 Å². The Morgan fingerprint density at radius 1 is 1.04 bits per heavy atom. The molecule has 146 valence electrons. The number of ether oxygens (including phenoxy) is 1. The Hall–Kier alpha value is -1.11. The van der Waals surface area contributed by atoms with Gasteiger partial charge < -0.3 is 9.64 Å². The van der Waals surface area contributed by atoms with Crippen LogP contribution in [-0.2, 0) is 24.2 Å². The summed E-state index contributed by atoms with van der Waals surface area (Å²) in [6.45, 7) is 2.02. The molecule has 0 aromatic heterocycles. The second-order valence-corrected chi connectivity index (χ2v) is 11.0. The topological polar surface area (TPSA) is 80.8 Å². The van der Waals surface area contributed by atoms with Crippen molar-refractivity contribution in [3.8, 4) is 0 Å². The van der Waals surface area contributed by atoms with E-state index in [4.69, 9.17) is 4.74 Å². The summed E-state index contributed by atoms with van der Waals surface area (Å²) in [5.41, 5.74) is 0. The van der Waals surface area contributed by atoms with E-state index in [-0.39, 0.29) is 41.9 Å². The van der Waals surface area contributed by atoms with Crippen molar-refractivity contribution in [1.82, 2.24) is 4.90 Å². The van der Waals surface area contributed by atoms with E-state index < -0.39 is 9.84 Å². The molecule has 6 nitrogen and oxygen atoms in total. The molecule has 0 aromatic carbocycles. The fraction of sp³-hybridized carbons (Fsp3) is 0.895. The van der Waals surface area contributed by atoms with E-state index in [1.54, 1.807) is 4.90 Å². The lowest BCUT2D eigenvalue weighted by atomic mass is 9.52. The third-order valence-electron chi connectivity index (χ3n) is 7.15. The van der Waals surface area contributed by atoms with Crippen LogP contribution in [0.15, 0.2) is 0 Å². The number of esters is 1.